The summed E-state index contributed by atoms with van der Waals surface area (Å²) in [6.07, 6.45) is 6.73. The fraction of sp³-hybridized carbons (Fsp3) is 0.500. The number of ketones is 1. The Morgan fingerprint density at radius 1 is 0.963 bits per heavy atom. The van der Waals surface area contributed by atoms with Crippen LogP contribution in [0.15, 0.2) is 30.3 Å². The molecule has 2 aliphatic rings. The number of ether oxygens (including phenoxy) is 1. The van der Waals surface area contributed by atoms with Crippen LogP contribution < -0.4 is 4.74 Å². The van der Waals surface area contributed by atoms with E-state index < -0.39 is 0 Å². The lowest BCUT2D eigenvalue weighted by Crippen LogP contribution is -2.35. The van der Waals surface area contributed by atoms with E-state index >= 15 is 0 Å². The van der Waals surface area contributed by atoms with E-state index in [0.717, 1.165) is 61.9 Å². The molecule has 0 atom stereocenters. The van der Waals surface area contributed by atoms with E-state index in [1.807, 2.05) is 30.3 Å². The van der Waals surface area contributed by atoms with E-state index in [9.17, 15) is 4.79 Å². The fourth-order valence-electron chi connectivity index (χ4n) is 3.88. The largest absolute Gasteiger partial charge is 0.477 e. The molecule has 142 valence electrons. The van der Waals surface area contributed by atoms with E-state index in [1.54, 1.807) is 0 Å². The number of hydrogen-bond donors (Lipinski definition) is 0. The van der Waals surface area contributed by atoms with Crippen LogP contribution >= 0.6 is 0 Å². The molecule has 0 N–H and O–H groups in total. The number of piperidine rings is 1. The van der Waals surface area contributed by atoms with Crippen molar-refractivity contribution in [3.63, 3.8) is 0 Å². The highest BCUT2D eigenvalue weighted by atomic mass is 16.5. The normalized spacial score (nSPS) is 17.6. The van der Waals surface area contributed by atoms with Gasteiger partial charge in [0.15, 0.2) is 5.82 Å². The Morgan fingerprint density at radius 2 is 1.74 bits per heavy atom. The summed E-state index contributed by atoms with van der Waals surface area (Å²) in [4.78, 5) is 23.3. The molecular formula is C22H27N3O2. The molecule has 5 nitrogen and oxygen atoms in total. The molecule has 1 aromatic heterocycles. The van der Waals surface area contributed by atoms with Gasteiger partial charge in [0.2, 0.25) is 5.88 Å². The van der Waals surface area contributed by atoms with Crippen molar-refractivity contribution < 1.29 is 9.53 Å². The van der Waals surface area contributed by atoms with Crippen LogP contribution in [-0.2, 0) is 17.6 Å². The number of likely N-dealkylation sites (tertiary alicyclic amines) is 1. The van der Waals surface area contributed by atoms with Gasteiger partial charge >= 0.3 is 0 Å². The van der Waals surface area contributed by atoms with Crippen LogP contribution in [-0.4, -0.2) is 46.9 Å². The molecule has 1 aliphatic carbocycles. The van der Waals surface area contributed by atoms with Crippen LogP contribution in [0.3, 0.4) is 0 Å². The number of fused-ring (bicyclic) bond motifs is 1. The number of carbonyl (C=O) groups excluding carboxylic acids is 1. The second kappa shape index (κ2) is 8.61. The maximum absolute atomic E-state index is 11.3. The van der Waals surface area contributed by atoms with Gasteiger partial charge in [0.25, 0.3) is 0 Å². The van der Waals surface area contributed by atoms with Gasteiger partial charge in [0.1, 0.15) is 5.78 Å². The number of nitrogens with zero attached hydrogens (tertiary/aromatic N) is 3. The third-order valence-electron chi connectivity index (χ3n) is 5.45. The number of hydrogen-bond acceptors (Lipinski definition) is 5. The lowest BCUT2D eigenvalue weighted by atomic mass is 9.96. The molecule has 1 aromatic carbocycles. The first kappa shape index (κ1) is 18.1. The standard InChI is InChI=1S/C22H27N3O2/c26-18-11-14-25(15-12-18)13-6-16-27-22-19-9-4-5-10-20(19)23-21(24-22)17-7-2-1-3-8-17/h1-3,7-8H,4-6,9-16H2. The van der Waals surface area contributed by atoms with Gasteiger partial charge in [-0.15, -0.1) is 0 Å². The van der Waals surface area contributed by atoms with Gasteiger partial charge in [-0.3, -0.25) is 4.79 Å². The van der Waals surface area contributed by atoms with Crippen LogP contribution in [0.2, 0.25) is 0 Å². The van der Waals surface area contributed by atoms with Crippen molar-refractivity contribution in [2.75, 3.05) is 26.2 Å². The SMILES string of the molecule is O=C1CCN(CCCOc2nc(-c3ccccc3)nc3c2CCCC3)CC1. The van der Waals surface area contributed by atoms with Gasteiger partial charge in [-0.2, -0.15) is 4.98 Å². The van der Waals surface area contributed by atoms with Crippen molar-refractivity contribution in [2.45, 2.75) is 44.9 Å². The van der Waals surface area contributed by atoms with Crippen LogP contribution in [0, 0.1) is 0 Å². The number of aromatic nitrogens is 2. The highest BCUT2D eigenvalue weighted by Gasteiger charge is 2.20. The van der Waals surface area contributed by atoms with Gasteiger partial charge in [0.05, 0.1) is 12.3 Å². The zero-order chi connectivity index (χ0) is 18.5. The second-order valence-electron chi connectivity index (χ2n) is 7.43. The number of benzene rings is 1. The minimum atomic E-state index is 0.392. The Kier molecular flexibility index (Phi) is 5.78. The van der Waals surface area contributed by atoms with Crippen molar-refractivity contribution in [1.82, 2.24) is 14.9 Å². The summed E-state index contributed by atoms with van der Waals surface area (Å²) < 4.78 is 6.13. The summed E-state index contributed by atoms with van der Waals surface area (Å²) in [5, 5.41) is 0. The average Bonchev–Trinajstić information content (AvgIpc) is 2.73. The molecule has 0 amide bonds. The monoisotopic (exact) mass is 365 g/mol. The number of Topliss-reactive ketones (excluding diaryl/α,β-unsaturated/α-hetero) is 1. The zero-order valence-electron chi connectivity index (χ0n) is 15.8. The Bertz CT molecular complexity index is 782. The lowest BCUT2D eigenvalue weighted by Gasteiger charge is -2.25. The highest BCUT2D eigenvalue weighted by Crippen LogP contribution is 2.30. The predicted molar refractivity (Wildman–Crippen MR) is 105 cm³/mol. The van der Waals surface area contributed by atoms with Gasteiger partial charge in [-0.1, -0.05) is 30.3 Å². The summed E-state index contributed by atoms with van der Waals surface area (Å²) in [7, 11) is 0. The minimum absolute atomic E-state index is 0.392. The number of rotatable bonds is 6. The molecule has 4 rings (SSSR count). The lowest BCUT2D eigenvalue weighted by molar-refractivity contribution is -0.121. The molecular weight excluding hydrogens is 338 g/mol. The Labute approximate surface area is 160 Å². The number of carbonyl (C=O) groups is 1. The van der Waals surface area contributed by atoms with Crippen molar-refractivity contribution >= 4 is 5.78 Å². The van der Waals surface area contributed by atoms with Gasteiger partial charge in [-0.05, 0) is 32.1 Å². The third kappa shape index (κ3) is 4.53. The van der Waals surface area contributed by atoms with Crippen LogP contribution in [0.5, 0.6) is 5.88 Å². The molecule has 0 radical (unpaired) electrons. The summed E-state index contributed by atoms with van der Waals surface area (Å²) in [6, 6.07) is 10.1. The summed E-state index contributed by atoms with van der Waals surface area (Å²) in [5.41, 5.74) is 3.39. The molecule has 2 aromatic rings. The van der Waals surface area contributed by atoms with E-state index in [1.165, 1.54) is 18.4 Å². The Hall–Kier alpha value is -2.27. The molecule has 2 heterocycles. The first-order chi connectivity index (χ1) is 13.3. The topological polar surface area (TPSA) is 55.3 Å². The molecule has 0 unspecified atom stereocenters. The second-order valence-corrected chi connectivity index (χ2v) is 7.43. The molecule has 0 spiro atoms. The molecule has 1 fully saturated rings. The fourth-order valence-corrected chi connectivity index (χ4v) is 3.88. The first-order valence-corrected chi connectivity index (χ1v) is 10.1. The van der Waals surface area contributed by atoms with Crippen molar-refractivity contribution in [2.24, 2.45) is 0 Å². The van der Waals surface area contributed by atoms with E-state index in [4.69, 9.17) is 14.7 Å². The van der Waals surface area contributed by atoms with E-state index in [-0.39, 0.29) is 0 Å². The summed E-state index contributed by atoms with van der Waals surface area (Å²) in [5.74, 6) is 1.93. The number of aryl methyl sites for hydroxylation is 1. The van der Waals surface area contributed by atoms with Crippen LogP contribution in [0.1, 0.15) is 43.4 Å². The third-order valence-corrected chi connectivity index (χ3v) is 5.45. The summed E-state index contributed by atoms with van der Waals surface area (Å²) in [6.45, 7) is 3.41. The zero-order valence-corrected chi connectivity index (χ0v) is 15.8. The van der Waals surface area contributed by atoms with Gasteiger partial charge in [0, 0.05) is 43.6 Å². The molecule has 1 saturated heterocycles. The first-order valence-electron chi connectivity index (χ1n) is 10.1. The minimum Gasteiger partial charge on any atom is -0.477 e. The van der Waals surface area contributed by atoms with E-state index in [2.05, 4.69) is 4.90 Å². The summed E-state index contributed by atoms with van der Waals surface area (Å²) >= 11 is 0. The van der Waals surface area contributed by atoms with Crippen molar-refractivity contribution in [3.8, 4) is 17.3 Å². The van der Waals surface area contributed by atoms with Crippen LogP contribution in [0.4, 0.5) is 0 Å². The molecule has 27 heavy (non-hydrogen) atoms. The molecule has 0 saturated carbocycles. The maximum Gasteiger partial charge on any atom is 0.220 e. The van der Waals surface area contributed by atoms with Crippen molar-refractivity contribution in [1.29, 1.82) is 0 Å². The average molecular weight is 365 g/mol. The van der Waals surface area contributed by atoms with Crippen molar-refractivity contribution in [3.05, 3.63) is 41.6 Å². The quantitative estimate of drug-likeness (QED) is 0.734. The Morgan fingerprint density at radius 3 is 2.56 bits per heavy atom. The Balaban J connectivity index is 1.42. The molecule has 5 heteroatoms. The maximum atomic E-state index is 11.3. The highest BCUT2D eigenvalue weighted by molar-refractivity contribution is 5.79. The van der Waals surface area contributed by atoms with Crippen LogP contribution in [0.25, 0.3) is 11.4 Å². The molecule has 0 bridgehead atoms. The van der Waals surface area contributed by atoms with E-state index in [0.29, 0.717) is 25.2 Å². The predicted octanol–water partition coefficient (Wildman–Crippen LogP) is 3.46. The molecule has 1 aliphatic heterocycles. The smallest absolute Gasteiger partial charge is 0.220 e. The van der Waals surface area contributed by atoms with Gasteiger partial charge < -0.3 is 9.64 Å². The van der Waals surface area contributed by atoms with Gasteiger partial charge in [-0.25, -0.2) is 4.98 Å².